The fourth-order valence-corrected chi connectivity index (χ4v) is 1.96. The Hall–Kier alpha value is -3.40. The highest BCUT2D eigenvalue weighted by Crippen LogP contribution is 2.30. The summed E-state index contributed by atoms with van der Waals surface area (Å²) in [5, 5.41) is 42.5. The number of nitro benzene ring substituents is 3. The second kappa shape index (κ2) is 6.15. The number of non-ortho nitro benzene ring substituents is 3. The van der Waals surface area contributed by atoms with Gasteiger partial charge in [0.15, 0.2) is 0 Å². The summed E-state index contributed by atoms with van der Waals surface area (Å²) in [4.78, 5) is 30.0. The van der Waals surface area contributed by atoms with E-state index in [-0.39, 0.29) is 16.8 Å². The summed E-state index contributed by atoms with van der Waals surface area (Å²) in [5.74, 6) is 0. The first-order valence-corrected chi connectivity index (χ1v) is 6.16. The van der Waals surface area contributed by atoms with Gasteiger partial charge in [-0.2, -0.15) is 0 Å². The largest absolute Gasteiger partial charge is 0.384 e. The minimum Gasteiger partial charge on any atom is -0.384 e. The lowest BCUT2D eigenvalue weighted by Gasteiger charge is -2.11. The number of hydrogen-bond donors (Lipinski definition) is 1. The molecule has 0 saturated heterocycles. The van der Waals surface area contributed by atoms with E-state index in [4.69, 9.17) is 0 Å². The highest BCUT2D eigenvalue weighted by molar-refractivity contribution is 5.49. The number of aliphatic hydroxyl groups is 1. The Balaban J connectivity index is 2.45. The second-order valence-electron chi connectivity index (χ2n) is 4.55. The van der Waals surface area contributed by atoms with Gasteiger partial charge in [-0.3, -0.25) is 30.3 Å². The summed E-state index contributed by atoms with van der Waals surface area (Å²) in [6.45, 7) is 0. The minimum absolute atomic E-state index is 0.0558. The first-order chi connectivity index (χ1) is 10.8. The van der Waals surface area contributed by atoms with Crippen molar-refractivity contribution in [2.45, 2.75) is 6.10 Å². The van der Waals surface area contributed by atoms with Crippen LogP contribution < -0.4 is 0 Å². The van der Waals surface area contributed by atoms with E-state index in [9.17, 15) is 35.4 Å². The molecule has 1 atom stereocenters. The zero-order chi connectivity index (χ0) is 17.1. The fraction of sp³-hybridized carbons (Fsp3) is 0.0769. The highest BCUT2D eigenvalue weighted by Gasteiger charge is 2.21. The maximum Gasteiger partial charge on any atom is 0.276 e. The summed E-state index contributed by atoms with van der Waals surface area (Å²) < 4.78 is 0. The molecule has 0 amide bonds. The Morgan fingerprint density at radius 1 is 0.696 bits per heavy atom. The zero-order valence-corrected chi connectivity index (χ0v) is 11.4. The molecule has 10 heteroatoms. The molecule has 0 unspecified atom stereocenters. The van der Waals surface area contributed by atoms with Gasteiger partial charge in [-0.15, -0.1) is 0 Å². The van der Waals surface area contributed by atoms with Crippen molar-refractivity contribution >= 4 is 17.1 Å². The Morgan fingerprint density at radius 2 is 1.13 bits per heavy atom. The molecular formula is C13H9N3O7. The van der Waals surface area contributed by atoms with Gasteiger partial charge in [-0.25, -0.2) is 0 Å². The van der Waals surface area contributed by atoms with E-state index in [0.717, 1.165) is 30.3 Å². The molecule has 0 spiro atoms. The Kier molecular flexibility index (Phi) is 4.27. The van der Waals surface area contributed by atoms with Gasteiger partial charge in [-0.05, 0) is 23.3 Å². The van der Waals surface area contributed by atoms with Crippen LogP contribution in [0.5, 0.6) is 0 Å². The molecule has 10 nitrogen and oxygen atoms in total. The lowest BCUT2D eigenvalue weighted by atomic mass is 10.0. The van der Waals surface area contributed by atoms with Crippen molar-refractivity contribution in [1.82, 2.24) is 0 Å². The van der Waals surface area contributed by atoms with Crippen LogP contribution in [0.3, 0.4) is 0 Å². The maximum absolute atomic E-state index is 10.8. The van der Waals surface area contributed by atoms with Gasteiger partial charge in [0.1, 0.15) is 6.10 Å². The molecule has 0 aliphatic heterocycles. The first kappa shape index (κ1) is 16.0. The molecule has 118 valence electrons. The third-order valence-electron chi connectivity index (χ3n) is 3.08. The molecule has 0 aliphatic rings. The monoisotopic (exact) mass is 319 g/mol. The van der Waals surface area contributed by atoms with Crippen LogP contribution in [0.15, 0.2) is 42.5 Å². The maximum atomic E-state index is 10.8. The van der Waals surface area contributed by atoms with E-state index in [0.29, 0.717) is 0 Å². The van der Waals surface area contributed by atoms with Crippen molar-refractivity contribution in [2.24, 2.45) is 0 Å². The van der Waals surface area contributed by atoms with E-state index >= 15 is 0 Å². The molecule has 0 fully saturated rings. The van der Waals surface area contributed by atoms with Crippen molar-refractivity contribution < 1.29 is 19.9 Å². The molecule has 0 heterocycles. The van der Waals surface area contributed by atoms with Crippen LogP contribution in [0, 0.1) is 30.3 Å². The fourth-order valence-electron chi connectivity index (χ4n) is 1.96. The van der Waals surface area contributed by atoms with Crippen LogP contribution in [0.25, 0.3) is 0 Å². The number of aliphatic hydroxyl groups excluding tert-OH is 1. The number of nitro groups is 3. The first-order valence-electron chi connectivity index (χ1n) is 6.16. The zero-order valence-electron chi connectivity index (χ0n) is 11.4. The van der Waals surface area contributed by atoms with Crippen molar-refractivity contribution in [2.75, 3.05) is 0 Å². The van der Waals surface area contributed by atoms with Crippen molar-refractivity contribution in [3.05, 3.63) is 83.9 Å². The van der Waals surface area contributed by atoms with Gasteiger partial charge < -0.3 is 5.11 Å². The normalized spacial score (nSPS) is 11.7. The Bertz CT molecular complexity index is 756. The van der Waals surface area contributed by atoms with E-state index in [1.54, 1.807) is 0 Å². The lowest BCUT2D eigenvalue weighted by Crippen LogP contribution is -2.03. The van der Waals surface area contributed by atoms with Crippen LogP contribution >= 0.6 is 0 Å². The predicted molar refractivity (Wildman–Crippen MR) is 76.9 cm³/mol. The number of rotatable bonds is 5. The van der Waals surface area contributed by atoms with Crippen molar-refractivity contribution in [1.29, 1.82) is 0 Å². The van der Waals surface area contributed by atoms with Gasteiger partial charge in [0.25, 0.3) is 17.1 Å². The molecule has 0 saturated carbocycles. The molecular weight excluding hydrogens is 310 g/mol. The Morgan fingerprint density at radius 3 is 1.52 bits per heavy atom. The second-order valence-corrected chi connectivity index (χ2v) is 4.55. The molecule has 0 radical (unpaired) electrons. The average Bonchev–Trinajstić information content (AvgIpc) is 2.53. The van der Waals surface area contributed by atoms with Crippen molar-refractivity contribution in [3.8, 4) is 0 Å². The standard InChI is InChI=1S/C13H9N3O7/c17-13(8-1-3-10(4-2-8)14(18)19)9-5-11(15(20)21)7-12(6-9)16(22)23/h1-7,13,17H/t13-/m0/s1. The van der Waals surface area contributed by atoms with Gasteiger partial charge >= 0.3 is 0 Å². The number of nitrogens with zero attached hydrogens (tertiary/aromatic N) is 3. The van der Waals surface area contributed by atoms with Gasteiger partial charge in [0, 0.05) is 24.3 Å². The van der Waals surface area contributed by atoms with Gasteiger partial charge in [-0.1, -0.05) is 0 Å². The Labute approximate surface area is 128 Å². The molecule has 2 rings (SSSR count). The topological polar surface area (TPSA) is 150 Å². The van der Waals surface area contributed by atoms with E-state index in [2.05, 4.69) is 0 Å². The number of benzene rings is 2. The molecule has 23 heavy (non-hydrogen) atoms. The SMILES string of the molecule is O=[N+]([O-])c1ccc([C@H](O)c2cc([N+](=O)[O-])cc([N+](=O)[O-])c2)cc1. The quantitative estimate of drug-likeness (QED) is 0.656. The third kappa shape index (κ3) is 3.44. The van der Waals surface area contributed by atoms with Crippen LogP contribution in [0.2, 0.25) is 0 Å². The lowest BCUT2D eigenvalue weighted by molar-refractivity contribution is -0.394. The van der Waals surface area contributed by atoms with E-state index in [1.165, 1.54) is 12.1 Å². The molecule has 2 aromatic rings. The van der Waals surface area contributed by atoms with Crippen LogP contribution in [0.1, 0.15) is 17.2 Å². The molecule has 1 N–H and O–H groups in total. The molecule has 0 aromatic heterocycles. The molecule has 0 bridgehead atoms. The predicted octanol–water partition coefficient (Wildman–Crippen LogP) is 2.49. The molecule has 2 aromatic carbocycles. The molecule has 0 aliphatic carbocycles. The minimum atomic E-state index is -1.39. The number of hydrogen-bond acceptors (Lipinski definition) is 7. The van der Waals surface area contributed by atoms with Crippen LogP contribution in [-0.4, -0.2) is 19.9 Å². The summed E-state index contributed by atoms with van der Waals surface area (Å²) >= 11 is 0. The van der Waals surface area contributed by atoms with Gasteiger partial charge in [0.05, 0.1) is 20.8 Å². The summed E-state index contributed by atoms with van der Waals surface area (Å²) in [6.07, 6.45) is -1.39. The van der Waals surface area contributed by atoms with E-state index in [1.807, 2.05) is 0 Å². The van der Waals surface area contributed by atoms with Crippen LogP contribution in [0.4, 0.5) is 17.1 Å². The highest BCUT2D eigenvalue weighted by atomic mass is 16.6. The summed E-state index contributed by atoms with van der Waals surface area (Å²) in [6, 6.07) is 7.67. The van der Waals surface area contributed by atoms with Crippen LogP contribution in [-0.2, 0) is 0 Å². The summed E-state index contributed by atoms with van der Waals surface area (Å²) in [7, 11) is 0. The average molecular weight is 319 g/mol. The smallest absolute Gasteiger partial charge is 0.276 e. The van der Waals surface area contributed by atoms with Crippen molar-refractivity contribution in [3.63, 3.8) is 0 Å². The summed E-state index contributed by atoms with van der Waals surface area (Å²) in [5.41, 5.74) is -1.10. The third-order valence-corrected chi connectivity index (χ3v) is 3.08. The van der Waals surface area contributed by atoms with Gasteiger partial charge in [0.2, 0.25) is 0 Å². The van der Waals surface area contributed by atoms with E-state index < -0.39 is 32.2 Å².